The number of ether oxygens (including phenoxy) is 1. The molecule has 8 nitrogen and oxygen atoms in total. The number of carbonyl (C=O) groups excluding carboxylic acids is 1. The molecule has 2 saturated heterocycles. The highest BCUT2D eigenvalue weighted by Gasteiger charge is 2.31. The van der Waals surface area contributed by atoms with E-state index in [1.807, 2.05) is 35.4 Å². The third-order valence-electron chi connectivity index (χ3n) is 8.20. The average Bonchev–Trinajstić information content (AvgIpc) is 3.58. The Morgan fingerprint density at radius 3 is 2.69 bits per heavy atom. The summed E-state index contributed by atoms with van der Waals surface area (Å²) in [5.74, 6) is 0.856. The summed E-state index contributed by atoms with van der Waals surface area (Å²) >= 11 is 0. The number of hydrogen-bond donors (Lipinski definition) is 1. The molecule has 39 heavy (non-hydrogen) atoms. The van der Waals surface area contributed by atoms with E-state index in [1.54, 1.807) is 18.3 Å². The molecule has 2 aliphatic rings. The molecular weight excluding hydrogens is 497 g/mol. The van der Waals surface area contributed by atoms with Crippen molar-refractivity contribution >= 4 is 22.5 Å². The zero-order valence-corrected chi connectivity index (χ0v) is 22.5. The number of fused-ring (bicyclic) bond motifs is 3. The lowest BCUT2D eigenvalue weighted by Crippen LogP contribution is -2.42. The van der Waals surface area contributed by atoms with Gasteiger partial charge in [-0.1, -0.05) is 12.1 Å². The van der Waals surface area contributed by atoms with Crippen LogP contribution in [0.1, 0.15) is 58.9 Å². The Morgan fingerprint density at radius 2 is 1.92 bits per heavy atom. The number of aromatic amines is 1. The zero-order chi connectivity index (χ0) is 27.1. The van der Waals surface area contributed by atoms with Crippen LogP contribution in [0.3, 0.4) is 0 Å². The highest BCUT2D eigenvalue weighted by atomic mass is 19.1. The highest BCUT2D eigenvalue weighted by molar-refractivity contribution is 5.99. The second-order valence-electron chi connectivity index (χ2n) is 11.0. The van der Waals surface area contributed by atoms with Gasteiger partial charge in [0.05, 0.1) is 17.2 Å². The van der Waals surface area contributed by atoms with Crippen molar-refractivity contribution in [2.75, 3.05) is 33.4 Å². The van der Waals surface area contributed by atoms with Gasteiger partial charge < -0.3 is 19.5 Å². The van der Waals surface area contributed by atoms with Crippen LogP contribution in [0.4, 0.5) is 4.39 Å². The van der Waals surface area contributed by atoms with Crippen molar-refractivity contribution in [3.63, 3.8) is 0 Å². The lowest BCUT2D eigenvalue weighted by Gasteiger charge is -2.29. The quantitative estimate of drug-likeness (QED) is 0.402. The minimum atomic E-state index is -0.241. The van der Waals surface area contributed by atoms with Crippen LogP contribution in [0.5, 0.6) is 0 Å². The Labute approximate surface area is 226 Å². The van der Waals surface area contributed by atoms with Crippen LogP contribution in [-0.2, 0) is 11.3 Å². The van der Waals surface area contributed by atoms with Crippen molar-refractivity contribution in [2.45, 2.75) is 51.1 Å². The number of likely N-dealkylation sites (tertiary alicyclic amines) is 1. The maximum Gasteiger partial charge on any atom is 0.274 e. The predicted molar refractivity (Wildman–Crippen MR) is 148 cm³/mol. The van der Waals surface area contributed by atoms with E-state index in [9.17, 15) is 14.0 Å². The first-order valence-corrected chi connectivity index (χ1v) is 13.7. The van der Waals surface area contributed by atoms with Crippen molar-refractivity contribution in [1.82, 2.24) is 24.2 Å². The van der Waals surface area contributed by atoms with Crippen LogP contribution in [0.15, 0.2) is 47.4 Å². The van der Waals surface area contributed by atoms with Gasteiger partial charge in [-0.15, -0.1) is 0 Å². The number of H-pyrrole nitrogens is 1. The van der Waals surface area contributed by atoms with Crippen molar-refractivity contribution < 1.29 is 13.9 Å². The second-order valence-corrected chi connectivity index (χ2v) is 11.0. The third-order valence-corrected chi connectivity index (χ3v) is 8.20. The van der Waals surface area contributed by atoms with E-state index in [1.165, 1.54) is 12.1 Å². The number of benzene rings is 2. The fourth-order valence-electron chi connectivity index (χ4n) is 6.19. The fraction of sp³-hybridized carbons (Fsp3) is 0.433. The van der Waals surface area contributed by atoms with Crippen LogP contribution in [0.2, 0.25) is 0 Å². The van der Waals surface area contributed by atoms with Crippen molar-refractivity contribution in [3.05, 3.63) is 81.3 Å². The Morgan fingerprint density at radius 1 is 1.15 bits per heavy atom. The molecule has 0 spiro atoms. The third kappa shape index (κ3) is 4.96. The SMILES string of the molecule is Cc1cc2c(cc1C(=O)N1CCC[C@H]1CN(C)Cc1ccc(F)cc1)[nH]c(=O)c1cnc(C3CCOCC3)n12. The molecule has 4 aromatic rings. The van der Waals surface area contributed by atoms with Gasteiger partial charge >= 0.3 is 0 Å². The molecular formula is C30H34FN5O3. The topological polar surface area (TPSA) is 82.9 Å². The second kappa shape index (κ2) is 10.5. The standard InChI is InChI=1S/C30H34FN5O3/c1-19-14-26-25(33-29(37)27-16-32-28(36(26)27)21-9-12-39-13-10-21)15-24(19)30(38)35-11-3-4-23(35)18-34(2)17-20-5-7-22(31)8-6-20/h5-8,14-16,21,23H,3-4,9-13,17-18H2,1-2H3,(H,33,37)/t23-/m0/s1. The first kappa shape index (κ1) is 25.7. The van der Waals surface area contributed by atoms with Gasteiger partial charge in [-0.25, -0.2) is 9.37 Å². The van der Waals surface area contributed by atoms with Gasteiger partial charge in [0.1, 0.15) is 17.2 Å². The molecule has 204 valence electrons. The minimum Gasteiger partial charge on any atom is -0.381 e. The van der Waals surface area contributed by atoms with E-state index in [0.29, 0.717) is 42.9 Å². The van der Waals surface area contributed by atoms with Gasteiger partial charge in [0, 0.05) is 50.4 Å². The normalized spacial score (nSPS) is 18.6. The number of aryl methyl sites for hydroxylation is 1. The smallest absolute Gasteiger partial charge is 0.274 e. The highest BCUT2D eigenvalue weighted by Crippen LogP contribution is 2.30. The molecule has 1 atom stereocenters. The molecule has 1 N–H and O–H groups in total. The van der Waals surface area contributed by atoms with Crippen LogP contribution in [0.25, 0.3) is 16.6 Å². The van der Waals surface area contributed by atoms with E-state index < -0.39 is 0 Å². The fourth-order valence-corrected chi connectivity index (χ4v) is 6.19. The molecule has 2 aromatic heterocycles. The molecule has 9 heteroatoms. The molecule has 6 rings (SSSR count). The molecule has 0 radical (unpaired) electrons. The van der Waals surface area contributed by atoms with Gasteiger partial charge in [0.2, 0.25) is 0 Å². The Bertz CT molecular complexity index is 1570. The molecule has 1 amide bonds. The van der Waals surface area contributed by atoms with E-state index in [-0.39, 0.29) is 29.2 Å². The monoisotopic (exact) mass is 531 g/mol. The minimum absolute atomic E-state index is 0.0108. The number of halogens is 1. The summed E-state index contributed by atoms with van der Waals surface area (Å²) in [7, 11) is 2.03. The van der Waals surface area contributed by atoms with Gasteiger partial charge in [-0.05, 0) is 75.0 Å². The van der Waals surface area contributed by atoms with Gasteiger partial charge in [-0.3, -0.25) is 14.0 Å². The number of carbonyl (C=O) groups is 1. The predicted octanol–water partition coefficient (Wildman–Crippen LogP) is 4.25. The van der Waals surface area contributed by atoms with Gasteiger partial charge in [0.15, 0.2) is 0 Å². The van der Waals surface area contributed by atoms with Crippen molar-refractivity contribution in [1.29, 1.82) is 0 Å². The summed E-state index contributed by atoms with van der Waals surface area (Å²) in [6, 6.07) is 10.5. The zero-order valence-electron chi connectivity index (χ0n) is 22.5. The average molecular weight is 532 g/mol. The van der Waals surface area contributed by atoms with E-state index in [4.69, 9.17) is 4.74 Å². The number of aromatic nitrogens is 3. The lowest BCUT2D eigenvalue weighted by atomic mass is 9.99. The molecule has 0 bridgehead atoms. The lowest BCUT2D eigenvalue weighted by molar-refractivity contribution is 0.0706. The summed E-state index contributed by atoms with van der Waals surface area (Å²) in [6.07, 6.45) is 5.28. The molecule has 2 aromatic carbocycles. The Kier molecular flexibility index (Phi) is 6.95. The molecule has 0 aliphatic carbocycles. The summed E-state index contributed by atoms with van der Waals surface area (Å²) < 4.78 is 20.8. The Balaban J connectivity index is 1.28. The molecule has 0 unspecified atom stereocenters. The number of imidazole rings is 1. The van der Waals surface area contributed by atoms with Crippen LogP contribution in [0, 0.1) is 12.7 Å². The maximum atomic E-state index is 13.9. The number of hydrogen-bond acceptors (Lipinski definition) is 5. The molecule has 2 fully saturated rings. The number of nitrogens with zero attached hydrogens (tertiary/aromatic N) is 4. The first-order valence-electron chi connectivity index (χ1n) is 13.7. The Hall–Kier alpha value is -3.56. The van der Waals surface area contributed by atoms with Gasteiger partial charge in [-0.2, -0.15) is 0 Å². The summed E-state index contributed by atoms with van der Waals surface area (Å²) in [6.45, 7) is 5.46. The number of nitrogens with one attached hydrogen (secondary N) is 1. The summed E-state index contributed by atoms with van der Waals surface area (Å²) in [5, 5.41) is 0. The van der Waals surface area contributed by atoms with Crippen LogP contribution >= 0.6 is 0 Å². The van der Waals surface area contributed by atoms with E-state index in [0.717, 1.165) is 54.7 Å². The molecule has 2 aliphatic heterocycles. The van der Waals surface area contributed by atoms with Crippen LogP contribution < -0.4 is 5.56 Å². The van der Waals surface area contributed by atoms with Gasteiger partial charge in [0.25, 0.3) is 11.5 Å². The molecule has 4 heterocycles. The molecule has 0 saturated carbocycles. The maximum absolute atomic E-state index is 13.9. The largest absolute Gasteiger partial charge is 0.381 e. The first-order chi connectivity index (χ1) is 18.9. The summed E-state index contributed by atoms with van der Waals surface area (Å²) in [4.78, 5) is 38.6. The summed E-state index contributed by atoms with van der Waals surface area (Å²) in [5.41, 5.74) is 4.32. The van der Waals surface area contributed by atoms with Crippen molar-refractivity contribution in [2.24, 2.45) is 0 Å². The van der Waals surface area contributed by atoms with E-state index >= 15 is 0 Å². The van der Waals surface area contributed by atoms with E-state index in [2.05, 4.69) is 14.9 Å². The number of rotatable bonds is 6. The van der Waals surface area contributed by atoms with Crippen molar-refractivity contribution in [3.8, 4) is 0 Å². The number of amides is 1. The van der Waals surface area contributed by atoms with Crippen LogP contribution in [-0.4, -0.2) is 69.5 Å². The number of likely N-dealkylation sites (N-methyl/N-ethyl adjacent to an activating group) is 1.